The van der Waals surface area contributed by atoms with Gasteiger partial charge in [-0.25, -0.2) is 18.2 Å². The van der Waals surface area contributed by atoms with E-state index in [0.29, 0.717) is 37.1 Å². The van der Waals surface area contributed by atoms with E-state index >= 15 is 0 Å². The number of hydrogen-bond acceptors (Lipinski definition) is 8. The molecule has 0 bridgehead atoms. The Bertz CT molecular complexity index is 1170. The lowest BCUT2D eigenvalue weighted by atomic mass is 10.2. The average molecular weight is 474 g/mol. The van der Waals surface area contributed by atoms with Crippen LogP contribution in [0.4, 0.5) is 10.8 Å². The van der Waals surface area contributed by atoms with Gasteiger partial charge in [-0.05, 0) is 43.3 Å². The van der Waals surface area contributed by atoms with Gasteiger partial charge in [0.2, 0.25) is 10.0 Å². The normalized spacial score (nSPS) is 14.8. The number of aromatic nitrogens is 1. The van der Waals surface area contributed by atoms with Gasteiger partial charge >= 0.3 is 5.97 Å². The smallest absolute Gasteiger partial charge is 0.338 e. The van der Waals surface area contributed by atoms with E-state index in [0.717, 1.165) is 5.69 Å². The van der Waals surface area contributed by atoms with Crippen molar-refractivity contribution in [3.63, 3.8) is 0 Å². The number of nitrogens with one attached hydrogen (secondary N) is 1. The Morgan fingerprint density at radius 3 is 2.50 bits per heavy atom. The molecular formula is C22H23N3O5S2. The zero-order valence-corrected chi connectivity index (χ0v) is 19.1. The molecule has 2 aromatic carbocycles. The van der Waals surface area contributed by atoms with Crippen LogP contribution < -0.4 is 5.32 Å². The maximum atomic E-state index is 12.7. The number of ether oxygens (including phenoxy) is 2. The van der Waals surface area contributed by atoms with Gasteiger partial charge in [-0.3, -0.25) is 0 Å². The molecule has 1 aliphatic heterocycles. The highest BCUT2D eigenvalue weighted by Gasteiger charge is 2.26. The quantitative estimate of drug-likeness (QED) is 0.524. The van der Waals surface area contributed by atoms with Crippen molar-refractivity contribution in [1.29, 1.82) is 0 Å². The minimum absolute atomic E-state index is 0.0265. The van der Waals surface area contributed by atoms with Gasteiger partial charge in [0.15, 0.2) is 5.13 Å². The third kappa shape index (κ3) is 5.33. The number of rotatable bonds is 7. The lowest BCUT2D eigenvalue weighted by Gasteiger charge is -2.26. The first-order valence-electron chi connectivity index (χ1n) is 10.0. The van der Waals surface area contributed by atoms with Crippen molar-refractivity contribution in [3.8, 4) is 0 Å². The molecule has 2 heterocycles. The van der Waals surface area contributed by atoms with Crippen molar-refractivity contribution < 1.29 is 22.7 Å². The molecule has 0 saturated carbocycles. The summed E-state index contributed by atoms with van der Waals surface area (Å²) in [7, 11) is -3.60. The Balaban J connectivity index is 1.33. The number of hydrogen-bond donors (Lipinski definition) is 1. The highest BCUT2D eigenvalue weighted by atomic mass is 32.2. The van der Waals surface area contributed by atoms with E-state index in [1.54, 1.807) is 0 Å². The zero-order chi connectivity index (χ0) is 22.6. The molecule has 3 aromatic rings. The van der Waals surface area contributed by atoms with Crippen LogP contribution in [0.15, 0.2) is 58.8 Å². The molecule has 168 valence electrons. The number of carbonyl (C=O) groups is 1. The Morgan fingerprint density at radius 1 is 1.12 bits per heavy atom. The van der Waals surface area contributed by atoms with Crippen LogP contribution in [0.25, 0.3) is 0 Å². The fourth-order valence-corrected chi connectivity index (χ4v) is 5.24. The van der Waals surface area contributed by atoms with Gasteiger partial charge in [-0.15, -0.1) is 11.3 Å². The summed E-state index contributed by atoms with van der Waals surface area (Å²) in [6.45, 7) is 3.45. The van der Waals surface area contributed by atoms with E-state index < -0.39 is 16.0 Å². The minimum atomic E-state index is -3.60. The largest absolute Gasteiger partial charge is 0.456 e. The number of nitrogens with zero attached hydrogens (tertiary/aromatic N) is 2. The Morgan fingerprint density at radius 2 is 1.81 bits per heavy atom. The molecule has 0 aliphatic carbocycles. The fourth-order valence-electron chi connectivity index (χ4n) is 3.11. The standard InChI is InChI=1S/C22H23N3O5S2/c1-16-2-6-18(7-3-16)23-22-24-19(15-31-22)14-30-21(26)17-4-8-20(9-5-17)32(27,28)25-10-12-29-13-11-25/h2-9,15H,10-14H2,1H3,(H,23,24). The molecule has 0 atom stereocenters. The van der Waals surface area contributed by atoms with Crippen LogP contribution in [-0.2, 0) is 26.1 Å². The van der Waals surface area contributed by atoms with Crippen molar-refractivity contribution in [3.05, 3.63) is 70.7 Å². The lowest BCUT2D eigenvalue weighted by Crippen LogP contribution is -2.40. The SMILES string of the molecule is Cc1ccc(Nc2nc(COC(=O)c3ccc(S(=O)(=O)N4CCOCC4)cc3)cs2)cc1. The number of esters is 1. The molecule has 1 N–H and O–H groups in total. The van der Waals surface area contributed by atoms with E-state index in [4.69, 9.17) is 9.47 Å². The Hall–Kier alpha value is -2.79. The van der Waals surface area contributed by atoms with Crippen molar-refractivity contribution in [2.75, 3.05) is 31.6 Å². The number of benzene rings is 2. The predicted molar refractivity (Wildman–Crippen MR) is 122 cm³/mol. The van der Waals surface area contributed by atoms with Gasteiger partial charge in [0.25, 0.3) is 0 Å². The minimum Gasteiger partial charge on any atom is -0.456 e. The second-order valence-electron chi connectivity index (χ2n) is 7.25. The summed E-state index contributed by atoms with van der Waals surface area (Å²) in [4.78, 5) is 16.9. The van der Waals surface area contributed by atoms with Crippen molar-refractivity contribution >= 4 is 38.1 Å². The van der Waals surface area contributed by atoms with Crippen LogP contribution in [0.2, 0.25) is 0 Å². The molecule has 4 rings (SSSR count). The molecule has 10 heteroatoms. The summed E-state index contributed by atoms with van der Waals surface area (Å²) in [5, 5.41) is 5.74. The van der Waals surface area contributed by atoms with Crippen molar-refractivity contribution in [1.82, 2.24) is 9.29 Å². The first kappa shape index (κ1) is 22.4. The summed E-state index contributed by atoms with van der Waals surface area (Å²) in [5.74, 6) is -0.540. The summed E-state index contributed by atoms with van der Waals surface area (Å²) in [6.07, 6.45) is 0. The molecule has 1 aromatic heterocycles. The topological polar surface area (TPSA) is 97.8 Å². The van der Waals surface area contributed by atoms with Gasteiger partial charge in [0.05, 0.1) is 29.4 Å². The van der Waals surface area contributed by atoms with Gasteiger partial charge in [0, 0.05) is 24.2 Å². The third-order valence-corrected chi connectivity index (χ3v) is 7.62. The number of aryl methyl sites for hydroxylation is 1. The Labute approximate surface area is 190 Å². The molecule has 0 spiro atoms. The first-order chi connectivity index (χ1) is 15.4. The molecule has 8 nitrogen and oxygen atoms in total. The van der Waals surface area contributed by atoms with Crippen molar-refractivity contribution in [2.45, 2.75) is 18.4 Å². The van der Waals surface area contributed by atoms with Crippen LogP contribution >= 0.6 is 11.3 Å². The fraction of sp³-hybridized carbons (Fsp3) is 0.273. The second-order valence-corrected chi connectivity index (χ2v) is 10.0. The highest BCUT2D eigenvalue weighted by Crippen LogP contribution is 2.22. The molecule has 1 saturated heterocycles. The van der Waals surface area contributed by atoms with Crippen LogP contribution in [0, 0.1) is 6.92 Å². The van der Waals surface area contributed by atoms with E-state index in [-0.39, 0.29) is 17.1 Å². The van der Waals surface area contributed by atoms with E-state index in [2.05, 4.69) is 10.3 Å². The van der Waals surface area contributed by atoms with E-state index in [9.17, 15) is 13.2 Å². The third-order valence-electron chi connectivity index (χ3n) is 4.90. The summed E-state index contributed by atoms with van der Waals surface area (Å²) >= 11 is 1.42. The summed E-state index contributed by atoms with van der Waals surface area (Å²) in [5.41, 5.74) is 3.01. The van der Waals surface area contributed by atoms with E-state index in [1.807, 2.05) is 36.6 Å². The van der Waals surface area contributed by atoms with Crippen molar-refractivity contribution in [2.24, 2.45) is 0 Å². The predicted octanol–water partition coefficient (Wildman–Crippen LogP) is 3.57. The first-order valence-corrected chi connectivity index (χ1v) is 12.4. The molecule has 1 fully saturated rings. The average Bonchev–Trinajstić information content (AvgIpc) is 3.27. The van der Waals surface area contributed by atoms with E-state index in [1.165, 1.54) is 45.5 Å². The van der Waals surface area contributed by atoms with Gasteiger partial charge in [-0.2, -0.15) is 4.31 Å². The maximum Gasteiger partial charge on any atom is 0.338 e. The molecule has 0 unspecified atom stereocenters. The van der Waals surface area contributed by atoms with Crippen LogP contribution in [0.3, 0.4) is 0 Å². The number of morpholine rings is 1. The van der Waals surface area contributed by atoms with Crippen LogP contribution in [-0.4, -0.2) is 50.0 Å². The van der Waals surface area contributed by atoms with Gasteiger partial charge in [-0.1, -0.05) is 17.7 Å². The highest BCUT2D eigenvalue weighted by molar-refractivity contribution is 7.89. The molecular weight excluding hydrogens is 450 g/mol. The van der Waals surface area contributed by atoms with Crippen LogP contribution in [0.1, 0.15) is 21.6 Å². The van der Waals surface area contributed by atoms with Crippen LogP contribution in [0.5, 0.6) is 0 Å². The summed E-state index contributed by atoms with van der Waals surface area (Å²) in [6, 6.07) is 13.7. The monoisotopic (exact) mass is 473 g/mol. The number of carbonyl (C=O) groups excluding carboxylic acids is 1. The number of sulfonamides is 1. The van der Waals surface area contributed by atoms with Gasteiger partial charge < -0.3 is 14.8 Å². The number of anilines is 2. The molecule has 0 radical (unpaired) electrons. The zero-order valence-electron chi connectivity index (χ0n) is 17.5. The second kappa shape index (κ2) is 9.78. The Kier molecular flexibility index (Phi) is 6.85. The summed E-state index contributed by atoms with van der Waals surface area (Å²) < 4.78 is 37.3. The molecule has 32 heavy (non-hydrogen) atoms. The molecule has 1 aliphatic rings. The number of thiazole rings is 1. The van der Waals surface area contributed by atoms with Gasteiger partial charge in [0.1, 0.15) is 6.61 Å². The maximum absolute atomic E-state index is 12.7. The molecule has 0 amide bonds. The lowest BCUT2D eigenvalue weighted by molar-refractivity contribution is 0.0468.